The van der Waals surface area contributed by atoms with Gasteiger partial charge in [-0.15, -0.1) is 0 Å². The van der Waals surface area contributed by atoms with Crippen molar-refractivity contribution in [3.05, 3.63) is 84.5 Å². The minimum atomic E-state index is -0.164. The molecule has 3 nitrogen and oxygen atoms in total. The maximum Gasteiger partial charge on any atom is 0.311 e. The Bertz CT molecular complexity index is 865. The van der Waals surface area contributed by atoms with Gasteiger partial charge in [0.05, 0.1) is 5.92 Å². The van der Waals surface area contributed by atoms with Crippen LogP contribution in [0.1, 0.15) is 19.4 Å². The third-order valence-electron chi connectivity index (χ3n) is 5.58. The highest BCUT2D eigenvalue weighted by Crippen LogP contribution is 2.72. The summed E-state index contributed by atoms with van der Waals surface area (Å²) in [5.41, 5.74) is 0.658. The molecular formula is C23H22O3. The molecule has 1 unspecified atom stereocenters. The highest BCUT2D eigenvalue weighted by molar-refractivity contribution is 5.81. The number of carbonyl (C=O) groups is 1. The molecule has 0 aliphatic heterocycles. The second kappa shape index (κ2) is 6.17. The van der Waals surface area contributed by atoms with Crippen LogP contribution in [0.25, 0.3) is 0 Å². The number of ether oxygens (including phenoxy) is 2. The van der Waals surface area contributed by atoms with E-state index in [0.717, 1.165) is 17.1 Å². The van der Waals surface area contributed by atoms with Crippen molar-refractivity contribution >= 4 is 5.97 Å². The van der Waals surface area contributed by atoms with E-state index in [2.05, 4.69) is 26.0 Å². The zero-order valence-electron chi connectivity index (χ0n) is 15.0. The molecule has 26 heavy (non-hydrogen) atoms. The molecular weight excluding hydrogens is 324 g/mol. The van der Waals surface area contributed by atoms with E-state index in [4.69, 9.17) is 9.47 Å². The first kappa shape index (κ1) is 16.6. The van der Waals surface area contributed by atoms with Crippen LogP contribution in [0.2, 0.25) is 0 Å². The van der Waals surface area contributed by atoms with Crippen molar-refractivity contribution in [3.8, 4) is 11.5 Å². The molecule has 0 bridgehead atoms. The molecule has 0 saturated heterocycles. The summed E-state index contributed by atoms with van der Waals surface area (Å²) in [4.78, 5) is 12.6. The predicted octanol–water partition coefficient (Wildman–Crippen LogP) is 5.29. The van der Waals surface area contributed by atoms with Crippen molar-refractivity contribution in [2.75, 3.05) is 0 Å². The third-order valence-corrected chi connectivity index (χ3v) is 5.58. The molecule has 0 radical (unpaired) electrons. The molecule has 0 aromatic heterocycles. The van der Waals surface area contributed by atoms with Gasteiger partial charge in [-0.2, -0.15) is 0 Å². The number of esters is 1. The van der Waals surface area contributed by atoms with Gasteiger partial charge in [0, 0.05) is 5.41 Å². The lowest BCUT2D eigenvalue weighted by Crippen LogP contribution is -2.11. The second-order valence-corrected chi connectivity index (χ2v) is 7.48. The van der Waals surface area contributed by atoms with E-state index in [-0.39, 0.29) is 29.3 Å². The van der Waals surface area contributed by atoms with Crippen LogP contribution in [0, 0.1) is 16.7 Å². The molecule has 0 amide bonds. The molecule has 3 heteroatoms. The van der Waals surface area contributed by atoms with Gasteiger partial charge in [0.25, 0.3) is 0 Å². The number of carbonyl (C=O) groups excluding carboxylic acids is 1. The van der Waals surface area contributed by atoms with Crippen LogP contribution in [0.4, 0.5) is 0 Å². The van der Waals surface area contributed by atoms with Crippen LogP contribution in [0.5, 0.6) is 11.5 Å². The van der Waals surface area contributed by atoms with E-state index in [1.807, 2.05) is 66.7 Å². The van der Waals surface area contributed by atoms with Crippen LogP contribution >= 0.6 is 0 Å². The maximum atomic E-state index is 12.6. The Morgan fingerprint density at radius 2 is 1.65 bits per heavy atom. The number of benzene rings is 2. The Morgan fingerprint density at radius 1 is 0.962 bits per heavy atom. The monoisotopic (exact) mass is 346 g/mol. The van der Waals surface area contributed by atoms with Crippen molar-refractivity contribution in [2.45, 2.75) is 20.5 Å². The van der Waals surface area contributed by atoms with Gasteiger partial charge < -0.3 is 9.47 Å². The lowest BCUT2D eigenvalue weighted by Gasteiger charge is -2.09. The van der Waals surface area contributed by atoms with Gasteiger partial charge in [-0.3, -0.25) is 4.79 Å². The van der Waals surface area contributed by atoms with Gasteiger partial charge in [0.2, 0.25) is 0 Å². The molecule has 1 saturated carbocycles. The second-order valence-electron chi connectivity index (χ2n) is 7.48. The summed E-state index contributed by atoms with van der Waals surface area (Å²) < 4.78 is 11.5. The van der Waals surface area contributed by atoms with E-state index in [0.29, 0.717) is 0 Å². The van der Waals surface area contributed by atoms with Crippen LogP contribution in [0.3, 0.4) is 0 Å². The first-order chi connectivity index (χ1) is 12.5. The Hall–Kier alpha value is -2.81. The largest absolute Gasteiger partial charge is 0.461 e. The molecule has 1 fully saturated rings. The zero-order chi connectivity index (χ0) is 18.2. The number of para-hydroxylation sites is 1. The minimum Gasteiger partial charge on any atom is -0.461 e. The summed E-state index contributed by atoms with van der Waals surface area (Å²) in [7, 11) is 0. The SMILES string of the molecule is CC1(C)C(C(=O)OCc2cccc(Oc3ccccc3)c2)C12C=CC=C2. The smallest absolute Gasteiger partial charge is 0.311 e. The Balaban J connectivity index is 1.40. The summed E-state index contributed by atoms with van der Waals surface area (Å²) in [5.74, 6) is 1.26. The molecule has 132 valence electrons. The van der Waals surface area contributed by atoms with Crippen molar-refractivity contribution in [3.63, 3.8) is 0 Å². The predicted molar refractivity (Wildman–Crippen MR) is 101 cm³/mol. The fourth-order valence-corrected chi connectivity index (χ4v) is 3.99. The average Bonchev–Trinajstić information content (AvgIpc) is 2.95. The van der Waals surface area contributed by atoms with Crippen LogP contribution in [0.15, 0.2) is 78.9 Å². The first-order valence-corrected chi connectivity index (χ1v) is 8.88. The topological polar surface area (TPSA) is 35.5 Å². The van der Waals surface area contributed by atoms with Gasteiger partial charge in [0.1, 0.15) is 18.1 Å². The van der Waals surface area contributed by atoms with Gasteiger partial charge in [-0.25, -0.2) is 0 Å². The molecule has 2 aromatic rings. The summed E-state index contributed by atoms with van der Waals surface area (Å²) >= 11 is 0. The number of allylic oxidation sites excluding steroid dienone is 4. The van der Waals surface area contributed by atoms with Crippen LogP contribution in [-0.2, 0) is 16.1 Å². The van der Waals surface area contributed by atoms with E-state index < -0.39 is 0 Å². The summed E-state index contributed by atoms with van der Waals surface area (Å²) in [6.45, 7) is 4.49. The number of rotatable bonds is 5. The lowest BCUT2D eigenvalue weighted by atomic mass is 9.98. The Labute approximate surface area is 154 Å². The van der Waals surface area contributed by atoms with Crippen LogP contribution in [-0.4, -0.2) is 5.97 Å². The first-order valence-electron chi connectivity index (χ1n) is 8.88. The van der Waals surface area contributed by atoms with Crippen molar-refractivity contribution in [1.29, 1.82) is 0 Å². The zero-order valence-corrected chi connectivity index (χ0v) is 15.0. The molecule has 1 atom stereocenters. The van der Waals surface area contributed by atoms with E-state index >= 15 is 0 Å². The maximum absolute atomic E-state index is 12.6. The molecule has 2 aliphatic rings. The molecule has 1 spiro atoms. The minimum absolute atomic E-state index is 0.0914. The molecule has 4 rings (SSSR count). The fourth-order valence-electron chi connectivity index (χ4n) is 3.99. The Morgan fingerprint density at radius 3 is 2.38 bits per heavy atom. The van der Waals surface area contributed by atoms with Gasteiger partial charge in [-0.1, -0.05) is 68.5 Å². The molecule has 2 aromatic carbocycles. The van der Waals surface area contributed by atoms with E-state index in [1.54, 1.807) is 0 Å². The van der Waals surface area contributed by atoms with Gasteiger partial charge in [-0.05, 0) is 35.2 Å². The standard InChI is InChI=1S/C23H22O3/c1-22(2)20(23(22)13-6-7-14-23)21(24)25-16-17-9-8-12-19(15-17)26-18-10-4-3-5-11-18/h3-15,20H,16H2,1-2H3. The van der Waals surface area contributed by atoms with Crippen LogP contribution < -0.4 is 4.74 Å². The normalized spacial score (nSPS) is 20.9. The number of hydrogen-bond acceptors (Lipinski definition) is 3. The highest BCUT2D eigenvalue weighted by Gasteiger charge is 2.72. The summed E-state index contributed by atoms with van der Waals surface area (Å²) in [5, 5.41) is 0. The summed E-state index contributed by atoms with van der Waals surface area (Å²) in [6.07, 6.45) is 8.26. The highest BCUT2D eigenvalue weighted by atomic mass is 16.5. The van der Waals surface area contributed by atoms with Crippen molar-refractivity contribution < 1.29 is 14.3 Å². The lowest BCUT2D eigenvalue weighted by molar-refractivity contribution is -0.147. The van der Waals surface area contributed by atoms with Gasteiger partial charge >= 0.3 is 5.97 Å². The molecule has 0 heterocycles. The Kier molecular flexibility index (Phi) is 3.95. The molecule has 2 aliphatic carbocycles. The fraction of sp³-hybridized carbons (Fsp3) is 0.261. The third kappa shape index (κ3) is 2.74. The number of hydrogen-bond donors (Lipinski definition) is 0. The van der Waals surface area contributed by atoms with E-state index in [1.165, 1.54) is 0 Å². The van der Waals surface area contributed by atoms with Crippen molar-refractivity contribution in [2.24, 2.45) is 16.7 Å². The summed E-state index contributed by atoms with van der Waals surface area (Å²) in [6, 6.07) is 17.3. The van der Waals surface area contributed by atoms with E-state index in [9.17, 15) is 4.79 Å². The quantitative estimate of drug-likeness (QED) is 0.690. The van der Waals surface area contributed by atoms with Crippen molar-refractivity contribution in [1.82, 2.24) is 0 Å². The molecule has 0 N–H and O–H groups in total. The van der Waals surface area contributed by atoms with Gasteiger partial charge in [0.15, 0.2) is 0 Å². The average molecular weight is 346 g/mol.